The van der Waals surface area contributed by atoms with Gasteiger partial charge in [0.15, 0.2) is 0 Å². The van der Waals surface area contributed by atoms with E-state index in [0.717, 1.165) is 25.1 Å². The van der Waals surface area contributed by atoms with Crippen molar-refractivity contribution in [3.05, 3.63) is 23.8 Å². The Morgan fingerprint density at radius 3 is 2.74 bits per heavy atom. The van der Waals surface area contributed by atoms with E-state index in [1.54, 1.807) is 20.8 Å². The first-order valence-corrected chi connectivity index (χ1v) is 7.85. The highest BCUT2D eigenvalue weighted by Crippen LogP contribution is 2.28. The SMILES string of the molecule is CN1CCCc2cc(NC(=O)CNC(=O)OC(C)(C)C)ccc21. The molecule has 0 aliphatic carbocycles. The van der Waals surface area contributed by atoms with Crippen molar-refractivity contribution in [1.29, 1.82) is 0 Å². The number of alkyl carbamates (subject to hydrolysis) is 1. The van der Waals surface area contributed by atoms with E-state index in [1.807, 2.05) is 18.2 Å². The summed E-state index contributed by atoms with van der Waals surface area (Å²) in [5.41, 5.74) is 2.61. The number of carbonyl (C=O) groups is 2. The summed E-state index contributed by atoms with van der Waals surface area (Å²) in [4.78, 5) is 25.7. The van der Waals surface area contributed by atoms with Crippen molar-refractivity contribution >= 4 is 23.4 Å². The highest BCUT2D eigenvalue weighted by atomic mass is 16.6. The van der Waals surface area contributed by atoms with Crippen LogP contribution < -0.4 is 15.5 Å². The Hall–Kier alpha value is -2.24. The van der Waals surface area contributed by atoms with Crippen molar-refractivity contribution in [2.24, 2.45) is 0 Å². The second-order valence-electron chi connectivity index (χ2n) is 6.77. The van der Waals surface area contributed by atoms with E-state index in [0.29, 0.717) is 0 Å². The minimum absolute atomic E-state index is 0.119. The Labute approximate surface area is 137 Å². The second-order valence-corrected chi connectivity index (χ2v) is 6.77. The fourth-order valence-corrected chi connectivity index (χ4v) is 2.53. The molecule has 126 valence electrons. The van der Waals surface area contributed by atoms with Gasteiger partial charge in [0.05, 0.1) is 0 Å². The van der Waals surface area contributed by atoms with Crippen LogP contribution in [0.2, 0.25) is 0 Å². The molecule has 1 aliphatic rings. The van der Waals surface area contributed by atoms with E-state index in [-0.39, 0.29) is 12.5 Å². The molecule has 6 nitrogen and oxygen atoms in total. The van der Waals surface area contributed by atoms with E-state index in [9.17, 15) is 9.59 Å². The highest BCUT2D eigenvalue weighted by molar-refractivity contribution is 5.94. The van der Waals surface area contributed by atoms with E-state index in [2.05, 4.69) is 22.6 Å². The standard InChI is InChI=1S/C17H25N3O3/c1-17(2,3)23-16(22)18-11-15(21)19-13-7-8-14-12(10-13)6-5-9-20(14)4/h7-8,10H,5-6,9,11H2,1-4H3,(H,18,22)(H,19,21). The van der Waals surface area contributed by atoms with Gasteiger partial charge in [-0.05, 0) is 57.4 Å². The van der Waals surface area contributed by atoms with Crippen molar-refractivity contribution in [2.45, 2.75) is 39.2 Å². The fourth-order valence-electron chi connectivity index (χ4n) is 2.53. The first kappa shape index (κ1) is 17.1. The van der Waals surface area contributed by atoms with Crippen LogP contribution in [0.5, 0.6) is 0 Å². The maximum Gasteiger partial charge on any atom is 0.408 e. The summed E-state index contributed by atoms with van der Waals surface area (Å²) >= 11 is 0. The third kappa shape index (κ3) is 5.16. The molecule has 1 aromatic rings. The number of ether oxygens (including phenoxy) is 1. The molecule has 0 saturated carbocycles. The van der Waals surface area contributed by atoms with Gasteiger partial charge in [0.25, 0.3) is 0 Å². The number of hydrogen-bond acceptors (Lipinski definition) is 4. The molecule has 0 fully saturated rings. The summed E-state index contributed by atoms with van der Waals surface area (Å²) in [6.07, 6.45) is 1.53. The first-order chi connectivity index (χ1) is 10.7. The Morgan fingerprint density at radius 1 is 1.30 bits per heavy atom. The molecule has 1 aliphatic heterocycles. The minimum Gasteiger partial charge on any atom is -0.444 e. The van der Waals surface area contributed by atoms with Gasteiger partial charge in [-0.1, -0.05) is 0 Å². The zero-order valence-corrected chi connectivity index (χ0v) is 14.2. The Kier molecular flexibility index (Phi) is 5.13. The maximum atomic E-state index is 11.9. The van der Waals surface area contributed by atoms with Crippen LogP contribution in [0.3, 0.4) is 0 Å². The van der Waals surface area contributed by atoms with Gasteiger partial charge in [0.1, 0.15) is 12.1 Å². The summed E-state index contributed by atoms with van der Waals surface area (Å²) in [7, 11) is 2.07. The van der Waals surface area contributed by atoms with Gasteiger partial charge < -0.3 is 20.3 Å². The van der Waals surface area contributed by atoms with Crippen LogP contribution >= 0.6 is 0 Å². The molecule has 2 amide bonds. The molecule has 1 aromatic carbocycles. The number of fused-ring (bicyclic) bond motifs is 1. The van der Waals surface area contributed by atoms with Crippen LogP contribution in [0, 0.1) is 0 Å². The average Bonchev–Trinajstić information content (AvgIpc) is 2.43. The summed E-state index contributed by atoms with van der Waals surface area (Å²) < 4.78 is 5.09. The molecule has 2 rings (SSSR count). The van der Waals surface area contributed by atoms with E-state index in [1.165, 1.54) is 11.3 Å². The van der Waals surface area contributed by atoms with E-state index < -0.39 is 11.7 Å². The normalized spacial score (nSPS) is 14.0. The molecule has 0 spiro atoms. The van der Waals surface area contributed by atoms with Crippen molar-refractivity contribution < 1.29 is 14.3 Å². The second kappa shape index (κ2) is 6.89. The summed E-state index contributed by atoms with van der Waals surface area (Å²) in [6.45, 7) is 6.26. The third-order valence-electron chi connectivity index (χ3n) is 3.51. The number of carbonyl (C=O) groups excluding carboxylic acids is 2. The van der Waals surface area contributed by atoms with E-state index in [4.69, 9.17) is 4.74 Å². The molecule has 0 saturated heterocycles. The lowest BCUT2D eigenvalue weighted by Crippen LogP contribution is -2.37. The average molecular weight is 319 g/mol. The predicted octanol–water partition coefficient (Wildman–Crippen LogP) is 2.53. The van der Waals surface area contributed by atoms with Gasteiger partial charge in [-0.25, -0.2) is 4.79 Å². The first-order valence-electron chi connectivity index (χ1n) is 7.85. The summed E-state index contributed by atoms with van der Waals surface area (Å²) in [5.74, 6) is -0.278. The highest BCUT2D eigenvalue weighted by Gasteiger charge is 2.17. The third-order valence-corrected chi connectivity index (χ3v) is 3.51. The molecule has 0 atom stereocenters. The van der Waals surface area contributed by atoms with Gasteiger partial charge in [-0.2, -0.15) is 0 Å². The lowest BCUT2D eigenvalue weighted by molar-refractivity contribution is -0.115. The van der Waals surface area contributed by atoms with Crippen LogP contribution in [-0.2, 0) is 16.0 Å². The quantitative estimate of drug-likeness (QED) is 0.898. The Morgan fingerprint density at radius 2 is 2.04 bits per heavy atom. The van der Waals surface area contributed by atoms with Crippen LogP contribution in [-0.4, -0.2) is 37.7 Å². The number of hydrogen-bond donors (Lipinski definition) is 2. The predicted molar refractivity (Wildman–Crippen MR) is 90.9 cm³/mol. The molecular formula is C17H25N3O3. The minimum atomic E-state index is -0.597. The molecular weight excluding hydrogens is 294 g/mol. The Balaban J connectivity index is 1.87. The van der Waals surface area contributed by atoms with Crippen LogP contribution in [0.1, 0.15) is 32.8 Å². The molecule has 1 heterocycles. The van der Waals surface area contributed by atoms with Crippen molar-refractivity contribution in [2.75, 3.05) is 30.4 Å². The molecule has 2 N–H and O–H groups in total. The van der Waals surface area contributed by atoms with Gasteiger partial charge in [0, 0.05) is 25.0 Å². The number of benzene rings is 1. The van der Waals surface area contributed by atoms with E-state index >= 15 is 0 Å². The van der Waals surface area contributed by atoms with Crippen molar-refractivity contribution in [3.63, 3.8) is 0 Å². The zero-order chi connectivity index (χ0) is 17.0. The molecule has 0 aromatic heterocycles. The molecule has 0 unspecified atom stereocenters. The van der Waals surface area contributed by atoms with Crippen LogP contribution in [0.25, 0.3) is 0 Å². The monoisotopic (exact) mass is 319 g/mol. The van der Waals surface area contributed by atoms with Gasteiger partial charge in [-0.3, -0.25) is 4.79 Å². The molecule has 6 heteroatoms. The van der Waals surface area contributed by atoms with Gasteiger partial charge in [-0.15, -0.1) is 0 Å². The lowest BCUT2D eigenvalue weighted by Gasteiger charge is -2.27. The van der Waals surface area contributed by atoms with Crippen LogP contribution in [0.15, 0.2) is 18.2 Å². The largest absolute Gasteiger partial charge is 0.444 e. The van der Waals surface area contributed by atoms with Gasteiger partial charge in [0.2, 0.25) is 5.91 Å². The summed E-state index contributed by atoms with van der Waals surface area (Å²) in [5, 5.41) is 5.24. The van der Waals surface area contributed by atoms with Crippen molar-refractivity contribution in [3.8, 4) is 0 Å². The number of anilines is 2. The zero-order valence-electron chi connectivity index (χ0n) is 14.2. The fraction of sp³-hybridized carbons (Fsp3) is 0.529. The van der Waals surface area contributed by atoms with Gasteiger partial charge >= 0.3 is 6.09 Å². The smallest absolute Gasteiger partial charge is 0.408 e. The molecule has 23 heavy (non-hydrogen) atoms. The molecule has 0 bridgehead atoms. The lowest BCUT2D eigenvalue weighted by atomic mass is 10.0. The maximum absolute atomic E-state index is 11.9. The topological polar surface area (TPSA) is 70.7 Å². The number of rotatable bonds is 3. The number of aryl methyl sites for hydroxylation is 1. The number of nitrogens with one attached hydrogen (secondary N) is 2. The van der Waals surface area contributed by atoms with Crippen LogP contribution in [0.4, 0.5) is 16.2 Å². The number of amides is 2. The summed E-state index contributed by atoms with van der Waals surface area (Å²) in [6, 6.07) is 5.90. The number of nitrogens with zero attached hydrogens (tertiary/aromatic N) is 1. The van der Waals surface area contributed by atoms with Crippen molar-refractivity contribution in [1.82, 2.24) is 5.32 Å². The Bertz CT molecular complexity index is 593. The molecule has 0 radical (unpaired) electrons.